The number of benzene rings is 2. The molecule has 0 radical (unpaired) electrons. The molecule has 0 saturated carbocycles. The number of aromatic nitrogens is 1. The molecule has 6 heteroatoms. The monoisotopic (exact) mass is 415 g/mol. The first-order chi connectivity index (χ1) is 13.5. The van der Waals surface area contributed by atoms with Gasteiger partial charge in [-0.3, -0.25) is 4.79 Å². The van der Waals surface area contributed by atoms with Gasteiger partial charge in [0.05, 0.1) is 0 Å². The normalized spacial score (nSPS) is 16.7. The van der Waals surface area contributed by atoms with E-state index in [0.717, 1.165) is 36.9 Å². The van der Waals surface area contributed by atoms with Crippen LogP contribution < -0.4 is 10.6 Å². The molecule has 29 heavy (non-hydrogen) atoms. The Hall–Kier alpha value is -2.37. The van der Waals surface area contributed by atoms with E-state index < -0.39 is 0 Å². The maximum absolute atomic E-state index is 13.1. The summed E-state index contributed by atoms with van der Waals surface area (Å²) in [6, 6.07) is 12.5. The number of aromatic amines is 1. The third kappa shape index (κ3) is 4.62. The van der Waals surface area contributed by atoms with E-state index in [0.29, 0.717) is 17.6 Å². The van der Waals surface area contributed by atoms with Crippen molar-refractivity contribution in [3.05, 3.63) is 65.1 Å². The second kappa shape index (κ2) is 8.97. The number of carbonyl (C=O) groups is 1. The van der Waals surface area contributed by atoms with Crippen LogP contribution in [0.1, 0.15) is 48.3 Å². The maximum atomic E-state index is 13.1. The summed E-state index contributed by atoms with van der Waals surface area (Å²) in [5, 5.41) is 7.82. The van der Waals surface area contributed by atoms with Gasteiger partial charge in [-0.2, -0.15) is 0 Å². The molecule has 0 saturated heterocycles. The van der Waals surface area contributed by atoms with Crippen molar-refractivity contribution >= 4 is 34.9 Å². The van der Waals surface area contributed by atoms with Crippen LogP contribution in [0, 0.1) is 5.82 Å². The molecule has 4 nitrogen and oxygen atoms in total. The van der Waals surface area contributed by atoms with Crippen LogP contribution in [-0.2, 0) is 12.8 Å². The number of hydrogen-bond acceptors (Lipinski definition) is 2. The molecule has 1 amide bonds. The number of anilines is 1. The fourth-order valence-electron chi connectivity index (χ4n) is 3.96. The van der Waals surface area contributed by atoms with Crippen LogP contribution in [0.4, 0.5) is 10.1 Å². The summed E-state index contributed by atoms with van der Waals surface area (Å²) in [6.45, 7) is 4.43. The Labute approximate surface area is 176 Å². The lowest BCUT2D eigenvalue weighted by Gasteiger charge is -2.26. The molecule has 0 aliphatic heterocycles. The Morgan fingerprint density at radius 2 is 2.00 bits per heavy atom. The molecule has 2 unspecified atom stereocenters. The highest BCUT2D eigenvalue weighted by atomic mass is 35.5. The van der Waals surface area contributed by atoms with Gasteiger partial charge in [0, 0.05) is 39.9 Å². The molecule has 0 bridgehead atoms. The fourth-order valence-corrected chi connectivity index (χ4v) is 3.96. The van der Waals surface area contributed by atoms with Crippen LogP contribution in [0.15, 0.2) is 42.5 Å². The molecule has 1 aliphatic rings. The second-order valence-corrected chi connectivity index (χ2v) is 7.72. The first-order valence-electron chi connectivity index (χ1n) is 10.00. The van der Waals surface area contributed by atoms with E-state index in [2.05, 4.69) is 29.5 Å². The van der Waals surface area contributed by atoms with Gasteiger partial charge in [-0.25, -0.2) is 4.39 Å². The molecule has 0 fully saturated rings. The van der Waals surface area contributed by atoms with E-state index in [1.807, 2.05) is 18.2 Å². The number of H-pyrrole nitrogens is 1. The Morgan fingerprint density at radius 3 is 2.72 bits per heavy atom. The highest BCUT2D eigenvalue weighted by molar-refractivity contribution is 6.05. The molecular formula is C23H27ClFN3O. The first kappa shape index (κ1) is 21.3. The summed E-state index contributed by atoms with van der Waals surface area (Å²) < 4.78 is 13.1. The zero-order chi connectivity index (χ0) is 19.7. The predicted octanol–water partition coefficient (Wildman–Crippen LogP) is 5.23. The number of fused-ring (bicyclic) bond motifs is 3. The van der Waals surface area contributed by atoms with Gasteiger partial charge in [0.15, 0.2) is 0 Å². The Morgan fingerprint density at radius 1 is 1.24 bits per heavy atom. The summed E-state index contributed by atoms with van der Waals surface area (Å²) in [5.74, 6) is -0.586. The van der Waals surface area contributed by atoms with Crippen molar-refractivity contribution in [3.8, 4) is 0 Å². The van der Waals surface area contributed by atoms with E-state index in [4.69, 9.17) is 0 Å². The van der Waals surface area contributed by atoms with Crippen LogP contribution in [-0.4, -0.2) is 23.0 Å². The minimum atomic E-state index is -0.350. The Kier molecular flexibility index (Phi) is 6.60. The van der Waals surface area contributed by atoms with Gasteiger partial charge >= 0.3 is 0 Å². The number of carbonyl (C=O) groups excluding carboxylic acids is 1. The molecule has 1 heterocycles. The first-order valence-corrected chi connectivity index (χ1v) is 10.00. The molecule has 0 spiro atoms. The van der Waals surface area contributed by atoms with Crippen LogP contribution in [0.5, 0.6) is 0 Å². The summed E-state index contributed by atoms with van der Waals surface area (Å²) in [7, 11) is 0. The minimum Gasteiger partial charge on any atom is -0.358 e. The molecule has 1 aromatic heterocycles. The lowest BCUT2D eigenvalue weighted by Crippen LogP contribution is -2.39. The zero-order valence-electron chi connectivity index (χ0n) is 16.7. The largest absolute Gasteiger partial charge is 0.358 e. The van der Waals surface area contributed by atoms with Crippen molar-refractivity contribution in [1.29, 1.82) is 0 Å². The molecule has 154 valence electrons. The van der Waals surface area contributed by atoms with E-state index in [1.54, 1.807) is 0 Å². The van der Waals surface area contributed by atoms with Crippen molar-refractivity contribution in [1.82, 2.24) is 10.3 Å². The van der Waals surface area contributed by atoms with Gasteiger partial charge in [0.2, 0.25) is 0 Å². The third-order valence-electron chi connectivity index (χ3n) is 5.68. The number of halogens is 2. The summed E-state index contributed by atoms with van der Waals surface area (Å²) in [5.41, 5.74) is 4.95. The smallest absolute Gasteiger partial charge is 0.255 e. The molecular weight excluding hydrogens is 389 g/mol. The van der Waals surface area contributed by atoms with Crippen molar-refractivity contribution < 1.29 is 9.18 Å². The minimum absolute atomic E-state index is 0. The Bertz CT molecular complexity index is 999. The number of hydrogen-bond donors (Lipinski definition) is 3. The predicted molar refractivity (Wildman–Crippen MR) is 119 cm³/mol. The number of amides is 1. The standard InChI is InChI=1S/C23H26FN3O.ClH/c1-3-14(2)25-17-8-10-21-19(12-17)20-13-18(9-11-22(20)27-21)26-23(28)15-4-6-16(24)7-5-15;/h4-7,9,11,13-14,17,25,27H,3,8,10,12H2,1-2H3,(H,26,28);1H. The van der Waals surface area contributed by atoms with E-state index in [-0.39, 0.29) is 24.1 Å². The third-order valence-corrected chi connectivity index (χ3v) is 5.68. The lowest BCUT2D eigenvalue weighted by atomic mass is 9.91. The highest BCUT2D eigenvalue weighted by Crippen LogP contribution is 2.31. The summed E-state index contributed by atoms with van der Waals surface area (Å²) >= 11 is 0. The van der Waals surface area contributed by atoms with Crippen LogP contribution in [0.3, 0.4) is 0 Å². The average molecular weight is 416 g/mol. The van der Waals surface area contributed by atoms with Crippen LogP contribution >= 0.6 is 12.4 Å². The number of rotatable bonds is 5. The summed E-state index contributed by atoms with van der Waals surface area (Å²) in [4.78, 5) is 16.0. The van der Waals surface area contributed by atoms with Gasteiger partial charge in [-0.05, 0) is 80.6 Å². The molecule has 4 rings (SSSR count). The molecule has 3 N–H and O–H groups in total. The second-order valence-electron chi connectivity index (χ2n) is 7.72. The quantitative estimate of drug-likeness (QED) is 0.534. The van der Waals surface area contributed by atoms with Gasteiger partial charge in [0.1, 0.15) is 5.82 Å². The number of nitrogens with one attached hydrogen (secondary N) is 3. The van der Waals surface area contributed by atoms with E-state index in [9.17, 15) is 9.18 Å². The zero-order valence-corrected chi connectivity index (χ0v) is 17.5. The lowest BCUT2D eigenvalue weighted by molar-refractivity contribution is 0.102. The highest BCUT2D eigenvalue weighted by Gasteiger charge is 2.23. The van der Waals surface area contributed by atoms with Crippen LogP contribution in [0.25, 0.3) is 10.9 Å². The van der Waals surface area contributed by atoms with Gasteiger partial charge < -0.3 is 15.6 Å². The fraction of sp³-hybridized carbons (Fsp3) is 0.348. The van der Waals surface area contributed by atoms with Crippen molar-refractivity contribution in [3.63, 3.8) is 0 Å². The van der Waals surface area contributed by atoms with Crippen molar-refractivity contribution in [2.24, 2.45) is 0 Å². The SMILES string of the molecule is CCC(C)NC1CCc2[nH]c3ccc(NC(=O)c4ccc(F)cc4)cc3c2C1.Cl. The van der Waals surface area contributed by atoms with E-state index in [1.165, 1.54) is 40.9 Å². The molecule has 2 atom stereocenters. The number of aryl methyl sites for hydroxylation is 1. The van der Waals surface area contributed by atoms with Gasteiger partial charge in [-0.15, -0.1) is 12.4 Å². The van der Waals surface area contributed by atoms with E-state index >= 15 is 0 Å². The maximum Gasteiger partial charge on any atom is 0.255 e. The topological polar surface area (TPSA) is 56.9 Å². The average Bonchev–Trinajstić information content (AvgIpc) is 3.05. The molecule has 3 aromatic rings. The van der Waals surface area contributed by atoms with Crippen molar-refractivity contribution in [2.75, 3.05) is 5.32 Å². The van der Waals surface area contributed by atoms with Crippen molar-refractivity contribution in [2.45, 2.75) is 51.6 Å². The molecule has 1 aliphatic carbocycles. The Balaban J connectivity index is 0.00000240. The molecule has 2 aromatic carbocycles. The van der Waals surface area contributed by atoms with Gasteiger partial charge in [0.25, 0.3) is 5.91 Å². The van der Waals surface area contributed by atoms with Crippen LogP contribution in [0.2, 0.25) is 0 Å². The van der Waals surface area contributed by atoms with Gasteiger partial charge in [-0.1, -0.05) is 6.92 Å². The summed E-state index contributed by atoms with van der Waals surface area (Å²) in [6.07, 6.45) is 4.29.